The number of hydrogen-bond acceptors (Lipinski definition) is 5. The van der Waals surface area contributed by atoms with Crippen molar-refractivity contribution in [3.8, 4) is 11.4 Å². The van der Waals surface area contributed by atoms with E-state index in [4.69, 9.17) is 9.26 Å². The monoisotopic (exact) mass is 457 g/mol. The number of amides is 1. The van der Waals surface area contributed by atoms with Crippen molar-refractivity contribution in [2.45, 2.75) is 30.4 Å². The second-order valence-electron chi connectivity index (χ2n) is 8.50. The summed E-state index contributed by atoms with van der Waals surface area (Å²) < 4.78 is 49.8. The molecule has 0 saturated carbocycles. The van der Waals surface area contributed by atoms with Crippen LogP contribution in [0.1, 0.15) is 35.8 Å². The zero-order valence-corrected chi connectivity index (χ0v) is 17.7. The number of rotatable bonds is 4. The van der Waals surface area contributed by atoms with Crippen LogP contribution in [0, 0.1) is 0 Å². The SMILES string of the molecule is O=C(N1CC(c2nc(-c3cccc(C(F)(F)F)c3)no2)C1)C1(c2ccccc2)CCOCC1. The molecular formula is C24H22F3N3O3. The van der Waals surface area contributed by atoms with Crippen LogP contribution in [0.15, 0.2) is 59.1 Å². The number of aromatic nitrogens is 2. The summed E-state index contributed by atoms with van der Waals surface area (Å²) in [6.07, 6.45) is -3.20. The Kier molecular flexibility index (Phi) is 5.44. The Balaban J connectivity index is 1.30. The molecule has 172 valence electrons. The van der Waals surface area contributed by atoms with Crippen LogP contribution in [-0.4, -0.2) is 47.3 Å². The lowest BCUT2D eigenvalue weighted by Gasteiger charge is -2.45. The fraction of sp³-hybridized carbons (Fsp3) is 0.375. The highest BCUT2D eigenvalue weighted by Gasteiger charge is 2.48. The van der Waals surface area contributed by atoms with Crippen LogP contribution in [0.25, 0.3) is 11.4 Å². The quantitative estimate of drug-likeness (QED) is 0.580. The molecule has 9 heteroatoms. The first-order valence-corrected chi connectivity index (χ1v) is 10.8. The van der Waals surface area contributed by atoms with Gasteiger partial charge in [0, 0.05) is 31.9 Å². The standard InChI is InChI=1S/C24H22F3N3O3/c25-24(26,27)19-8-4-5-16(13-19)20-28-21(33-29-20)17-14-30(15-17)22(31)23(9-11-32-12-10-23)18-6-2-1-3-7-18/h1-8,13,17H,9-12,14-15H2. The summed E-state index contributed by atoms with van der Waals surface area (Å²) in [6.45, 7) is 1.92. The van der Waals surface area contributed by atoms with Crippen LogP contribution >= 0.6 is 0 Å². The molecule has 5 rings (SSSR count). The molecule has 0 N–H and O–H groups in total. The van der Waals surface area contributed by atoms with Gasteiger partial charge in [0.25, 0.3) is 0 Å². The van der Waals surface area contributed by atoms with E-state index in [-0.39, 0.29) is 23.2 Å². The maximum absolute atomic E-state index is 13.5. The van der Waals surface area contributed by atoms with E-state index in [2.05, 4.69) is 10.1 Å². The number of ether oxygens (including phenoxy) is 1. The number of alkyl halides is 3. The van der Waals surface area contributed by atoms with Gasteiger partial charge in [0.1, 0.15) is 0 Å². The number of carbonyl (C=O) groups excluding carboxylic acids is 1. The van der Waals surface area contributed by atoms with Gasteiger partial charge in [-0.2, -0.15) is 18.2 Å². The molecule has 6 nitrogen and oxygen atoms in total. The van der Waals surface area contributed by atoms with Crippen molar-refractivity contribution in [2.75, 3.05) is 26.3 Å². The average molecular weight is 457 g/mol. The first kappa shape index (κ1) is 21.6. The van der Waals surface area contributed by atoms with Gasteiger partial charge >= 0.3 is 6.18 Å². The lowest BCUT2D eigenvalue weighted by Crippen LogP contribution is -2.57. The van der Waals surface area contributed by atoms with Gasteiger partial charge in [-0.25, -0.2) is 0 Å². The Morgan fingerprint density at radius 2 is 1.76 bits per heavy atom. The first-order valence-electron chi connectivity index (χ1n) is 10.8. The zero-order valence-electron chi connectivity index (χ0n) is 17.7. The minimum Gasteiger partial charge on any atom is -0.381 e. The summed E-state index contributed by atoms with van der Waals surface area (Å²) in [5, 5.41) is 3.86. The maximum atomic E-state index is 13.5. The summed E-state index contributed by atoms with van der Waals surface area (Å²) in [5.41, 5.74) is -0.152. The molecule has 33 heavy (non-hydrogen) atoms. The van der Waals surface area contributed by atoms with Crippen molar-refractivity contribution in [3.05, 3.63) is 71.6 Å². The van der Waals surface area contributed by atoms with E-state index in [1.165, 1.54) is 12.1 Å². The van der Waals surface area contributed by atoms with Crippen molar-refractivity contribution in [2.24, 2.45) is 0 Å². The van der Waals surface area contributed by atoms with Crippen LogP contribution in [0.3, 0.4) is 0 Å². The van der Waals surface area contributed by atoms with Crippen molar-refractivity contribution in [3.63, 3.8) is 0 Å². The number of hydrogen-bond donors (Lipinski definition) is 0. The Morgan fingerprint density at radius 3 is 2.45 bits per heavy atom. The van der Waals surface area contributed by atoms with Gasteiger partial charge < -0.3 is 14.2 Å². The van der Waals surface area contributed by atoms with Crippen LogP contribution in [0.4, 0.5) is 13.2 Å². The highest BCUT2D eigenvalue weighted by Crippen LogP contribution is 2.40. The molecule has 2 aromatic carbocycles. The number of halogens is 3. The van der Waals surface area contributed by atoms with Crippen molar-refractivity contribution >= 4 is 5.91 Å². The van der Waals surface area contributed by atoms with Crippen molar-refractivity contribution in [1.29, 1.82) is 0 Å². The fourth-order valence-corrected chi connectivity index (χ4v) is 4.56. The normalized spacial score (nSPS) is 18.7. The maximum Gasteiger partial charge on any atom is 0.416 e. The third-order valence-corrected chi connectivity index (χ3v) is 6.49. The van der Waals surface area contributed by atoms with Crippen LogP contribution < -0.4 is 0 Å². The molecule has 0 aliphatic carbocycles. The lowest BCUT2D eigenvalue weighted by atomic mass is 9.72. The van der Waals surface area contributed by atoms with E-state index in [0.29, 0.717) is 45.0 Å². The molecule has 0 atom stereocenters. The van der Waals surface area contributed by atoms with E-state index in [9.17, 15) is 18.0 Å². The second-order valence-corrected chi connectivity index (χ2v) is 8.50. The summed E-state index contributed by atoms with van der Waals surface area (Å²) >= 11 is 0. The van der Waals surface area contributed by atoms with Crippen molar-refractivity contribution in [1.82, 2.24) is 15.0 Å². The molecule has 1 amide bonds. The van der Waals surface area contributed by atoms with E-state index in [1.807, 2.05) is 30.3 Å². The average Bonchev–Trinajstić information content (AvgIpc) is 3.28. The van der Waals surface area contributed by atoms with Crippen LogP contribution in [0.5, 0.6) is 0 Å². The third-order valence-electron chi connectivity index (χ3n) is 6.49. The van der Waals surface area contributed by atoms with E-state index >= 15 is 0 Å². The van der Waals surface area contributed by atoms with E-state index in [0.717, 1.165) is 17.7 Å². The molecule has 2 aliphatic rings. The molecule has 3 heterocycles. The molecule has 2 aliphatic heterocycles. The highest BCUT2D eigenvalue weighted by molar-refractivity contribution is 5.89. The lowest BCUT2D eigenvalue weighted by molar-refractivity contribution is -0.146. The minimum atomic E-state index is -4.45. The van der Waals surface area contributed by atoms with E-state index < -0.39 is 17.2 Å². The van der Waals surface area contributed by atoms with Gasteiger partial charge in [0.05, 0.1) is 16.9 Å². The Labute approximate surface area is 188 Å². The molecule has 2 fully saturated rings. The Morgan fingerprint density at radius 1 is 1.03 bits per heavy atom. The molecule has 0 bridgehead atoms. The predicted octanol–water partition coefficient (Wildman–Crippen LogP) is 4.43. The van der Waals surface area contributed by atoms with Gasteiger partial charge in [-0.1, -0.05) is 47.6 Å². The molecule has 0 radical (unpaired) electrons. The van der Waals surface area contributed by atoms with Gasteiger partial charge in [0.15, 0.2) is 0 Å². The molecule has 2 saturated heterocycles. The molecule has 0 unspecified atom stereocenters. The van der Waals surface area contributed by atoms with Crippen molar-refractivity contribution < 1.29 is 27.2 Å². The van der Waals surface area contributed by atoms with Crippen LogP contribution in [0.2, 0.25) is 0 Å². The Hall–Kier alpha value is -3.20. The fourth-order valence-electron chi connectivity index (χ4n) is 4.56. The summed E-state index contributed by atoms with van der Waals surface area (Å²) in [6, 6.07) is 14.6. The van der Waals surface area contributed by atoms with Gasteiger partial charge in [-0.05, 0) is 30.5 Å². The summed E-state index contributed by atoms with van der Waals surface area (Å²) in [5.74, 6) is 0.345. The predicted molar refractivity (Wildman–Crippen MR) is 112 cm³/mol. The van der Waals surface area contributed by atoms with Gasteiger partial charge in [-0.15, -0.1) is 0 Å². The van der Waals surface area contributed by atoms with Gasteiger partial charge in [-0.3, -0.25) is 4.79 Å². The molecule has 3 aromatic rings. The number of likely N-dealkylation sites (tertiary alicyclic amines) is 1. The first-order chi connectivity index (χ1) is 15.9. The largest absolute Gasteiger partial charge is 0.416 e. The highest BCUT2D eigenvalue weighted by atomic mass is 19.4. The summed E-state index contributed by atoms with van der Waals surface area (Å²) in [7, 11) is 0. The van der Waals surface area contributed by atoms with E-state index in [1.54, 1.807) is 4.90 Å². The molecule has 0 spiro atoms. The zero-order chi connectivity index (χ0) is 23.1. The van der Waals surface area contributed by atoms with Crippen LogP contribution in [-0.2, 0) is 21.1 Å². The Bertz CT molecular complexity index is 1130. The molecule has 1 aromatic heterocycles. The number of benzene rings is 2. The molecular weight excluding hydrogens is 435 g/mol. The summed E-state index contributed by atoms with van der Waals surface area (Å²) in [4.78, 5) is 19.6. The topological polar surface area (TPSA) is 68.5 Å². The smallest absolute Gasteiger partial charge is 0.381 e. The number of carbonyl (C=O) groups is 1. The minimum absolute atomic E-state index is 0.0610. The van der Waals surface area contributed by atoms with Gasteiger partial charge in [0.2, 0.25) is 17.6 Å². The third kappa shape index (κ3) is 4.01. The second kappa shape index (κ2) is 8.30. The number of nitrogens with zero attached hydrogens (tertiary/aromatic N) is 3.